The van der Waals surface area contributed by atoms with Gasteiger partial charge in [0.1, 0.15) is 0 Å². The van der Waals surface area contributed by atoms with Crippen molar-refractivity contribution in [2.45, 2.75) is 13.8 Å². The molecule has 9 heteroatoms. The van der Waals surface area contributed by atoms with Gasteiger partial charge >= 0.3 is 0 Å². The molecule has 0 aromatic heterocycles. The van der Waals surface area contributed by atoms with E-state index in [1.54, 1.807) is 0 Å². The van der Waals surface area contributed by atoms with Crippen LogP contribution in [0.15, 0.2) is 12.1 Å². The Hall–Kier alpha value is -2.16. The predicted molar refractivity (Wildman–Crippen MR) is 75.8 cm³/mol. The van der Waals surface area contributed by atoms with E-state index in [0.717, 1.165) is 13.1 Å². The lowest BCUT2D eigenvalue weighted by atomic mass is 10.0. The molecule has 138 valence electrons. The van der Waals surface area contributed by atoms with E-state index in [1.807, 2.05) is 0 Å². The smallest absolute Gasteiger partial charge is 0.200 e. The molecule has 0 aliphatic rings. The summed E-state index contributed by atoms with van der Waals surface area (Å²) in [4.78, 5) is 0. The fourth-order valence-corrected chi connectivity index (χ4v) is 1.81. The first-order chi connectivity index (χ1) is 11.7. The van der Waals surface area contributed by atoms with Gasteiger partial charge < -0.3 is 5.32 Å². The standard InChI is InChI=1S/C12H2F8.C4H11N/c13-4-2-1-3(6(14)7(4)15)5-8(16)10(18)12(20)11(19)9(5)17;1-3-5-4-2/h1-2H;5H,3-4H2,1-2H3. The van der Waals surface area contributed by atoms with E-state index in [1.165, 1.54) is 0 Å². The van der Waals surface area contributed by atoms with E-state index < -0.39 is 57.7 Å². The minimum absolute atomic E-state index is 0.297. The van der Waals surface area contributed by atoms with Crippen LogP contribution in [0.2, 0.25) is 0 Å². The predicted octanol–water partition coefficient (Wildman–Crippen LogP) is 5.08. The molecular weight excluding hydrogens is 358 g/mol. The maximum absolute atomic E-state index is 13.4. The second-order valence-electron chi connectivity index (χ2n) is 4.62. The molecule has 25 heavy (non-hydrogen) atoms. The quantitative estimate of drug-likeness (QED) is 0.451. The van der Waals surface area contributed by atoms with Gasteiger partial charge in [0, 0.05) is 5.56 Å². The van der Waals surface area contributed by atoms with Gasteiger partial charge in [-0.15, -0.1) is 0 Å². The highest BCUT2D eigenvalue weighted by molar-refractivity contribution is 5.66. The molecule has 0 fully saturated rings. The second-order valence-corrected chi connectivity index (χ2v) is 4.62. The summed E-state index contributed by atoms with van der Waals surface area (Å²) in [5.74, 6) is -17.6. The van der Waals surface area contributed by atoms with Gasteiger partial charge in [-0.3, -0.25) is 0 Å². The van der Waals surface area contributed by atoms with Crippen LogP contribution >= 0.6 is 0 Å². The van der Waals surface area contributed by atoms with Crippen LogP contribution in [0.25, 0.3) is 11.1 Å². The third-order valence-electron chi connectivity index (χ3n) is 3.01. The third-order valence-corrected chi connectivity index (χ3v) is 3.01. The van der Waals surface area contributed by atoms with Crippen LogP contribution < -0.4 is 5.32 Å². The Morgan fingerprint density at radius 3 is 1.44 bits per heavy atom. The molecule has 2 aromatic carbocycles. The Morgan fingerprint density at radius 1 is 0.600 bits per heavy atom. The molecule has 0 amide bonds. The summed E-state index contributed by atoms with van der Waals surface area (Å²) in [6.45, 7) is 6.39. The Kier molecular flexibility index (Phi) is 7.35. The topological polar surface area (TPSA) is 12.0 Å². The van der Waals surface area contributed by atoms with E-state index in [4.69, 9.17) is 0 Å². The van der Waals surface area contributed by atoms with Crippen molar-refractivity contribution in [3.8, 4) is 11.1 Å². The molecule has 0 unspecified atom stereocenters. The van der Waals surface area contributed by atoms with Gasteiger partial charge in [0.2, 0.25) is 5.82 Å². The average molecular weight is 371 g/mol. The van der Waals surface area contributed by atoms with Crippen LogP contribution in [0.1, 0.15) is 13.8 Å². The zero-order chi connectivity index (χ0) is 19.3. The van der Waals surface area contributed by atoms with Gasteiger partial charge in [-0.25, -0.2) is 35.1 Å². The van der Waals surface area contributed by atoms with Crippen molar-refractivity contribution in [1.29, 1.82) is 0 Å². The second kappa shape index (κ2) is 8.80. The largest absolute Gasteiger partial charge is 0.317 e. The van der Waals surface area contributed by atoms with Crippen LogP contribution in [-0.2, 0) is 0 Å². The maximum Gasteiger partial charge on any atom is 0.200 e. The number of hydrogen-bond acceptors (Lipinski definition) is 1. The molecule has 0 aliphatic carbocycles. The molecular formula is C16H13F8N. The molecule has 0 saturated heterocycles. The lowest BCUT2D eigenvalue weighted by molar-refractivity contribution is 0.380. The van der Waals surface area contributed by atoms with Gasteiger partial charge in [0.25, 0.3) is 0 Å². The van der Waals surface area contributed by atoms with Crippen molar-refractivity contribution in [1.82, 2.24) is 5.32 Å². The van der Waals surface area contributed by atoms with Crippen LogP contribution in [0.4, 0.5) is 35.1 Å². The SMILES string of the molecule is CCNCC.Fc1ccc(-c2c(F)c(F)c(F)c(F)c2F)c(F)c1F. The van der Waals surface area contributed by atoms with Crippen LogP contribution in [0, 0.1) is 46.5 Å². The molecule has 1 nitrogen and oxygen atoms in total. The van der Waals surface area contributed by atoms with E-state index in [2.05, 4.69) is 19.2 Å². The van der Waals surface area contributed by atoms with Crippen molar-refractivity contribution in [3.63, 3.8) is 0 Å². The highest BCUT2D eigenvalue weighted by atomic mass is 19.2. The van der Waals surface area contributed by atoms with Crippen molar-refractivity contribution < 1.29 is 35.1 Å². The maximum atomic E-state index is 13.4. The lowest BCUT2D eigenvalue weighted by Crippen LogP contribution is -2.09. The van der Waals surface area contributed by atoms with Crippen molar-refractivity contribution in [2.75, 3.05) is 13.1 Å². The minimum atomic E-state index is -2.44. The van der Waals surface area contributed by atoms with E-state index in [0.29, 0.717) is 12.1 Å². The first-order valence-corrected chi connectivity index (χ1v) is 7.04. The molecule has 0 saturated carbocycles. The Balaban J connectivity index is 0.000000550. The number of nitrogens with one attached hydrogen (secondary N) is 1. The van der Waals surface area contributed by atoms with Crippen LogP contribution in [0.3, 0.4) is 0 Å². The summed E-state index contributed by atoms with van der Waals surface area (Å²) < 4.78 is 105. The van der Waals surface area contributed by atoms with E-state index in [-0.39, 0.29) is 0 Å². The zero-order valence-corrected chi connectivity index (χ0v) is 13.1. The molecule has 0 radical (unpaired) electrons. The monoisotopic (exact) mass is 371 g/mol. The van der Waals surface area contributed by atoms with Crippen molar-refractivity contribution >= 4 is 0 Å². The summed E-state index contributed by atoms with van der Waals surface area (Å²) >= 11 is 0. The highest BCUT2D eigenvalue weighted by Gasteiger charge is 2.29. The Labute approximate surface area is 138 Å². The van der Waals surface area contributed by atoms with Crippen LogP contribution in [0.5, 0.6) is 0 Å². The van der Waals surface area contributed by atoms with Gasteiger partial charge in [-0.2, -0.15) is 0 Å². The first kappa shape index (κ1) is 20.9. The number of hydrogen-bond donors (Lipinski definition) is 1. The molecule has 2 rings (SSSR count). The Bertz CT molecular complexity index is 730. The number of halogens is 8. The van der Waals surface area contributed by atoms with Gasteiger partial charge in [-0.1, -0.05) is 13.8 Å². The van der Waals surface area contributed by atoms with Gasteiger partial charge in [0.05, 0.1) is 5.56 Å². The summed E-state index contributed by atoms with van der Waals surface area (Å²) in [7, 11) is 0. The minimum Gasteiger partial charge on any atom is -0.317 e. The molecule has 0 spiro atoms. The number of benzene rings is 2. The Morgan fingerprint density at radius 2 is 1.04 bits per heavy atom. The molecule has 0 atom stereocenters. The van der Waals surface area contributed by atoms with Crippen molar-refractivity contribution in [2.24, 2.45) is 0 Å². The van der Waals surface area contributed by atoms with E-state index >= 15 is 0 Å². The summed E-state index contributed by atoms with van der Waals surface area (Å²) in [5, 5.41) is 3.11. The molecule has 0 heterocycles. The van der Waals surface area contributed by atoms with Gasteiger partial charge in [0.15, 0.2) is 40.7 Å². The van der Waals surface area contributed by atoms with Crippen molar-refractivity contribution in [3.05, 3.63) is 58.7 Å². The summed E-state index contributed by atoms with van der Waals surface area (Å²) in [5.41, 5.74) is -2.95. The molecule has 2 aromatic rings. The lowest BCUT2D eigenvalue weighted by Gasteiger charge is -2.09. The summed E-state index contributed by atoms with van der Waals surface area (Å²) in [6, 6.07) is 0.665. The fraction of sp³-hybridized carbons (Fsp3) is 0.250. The third kappa shape index (κ3) is 4.28. The van der Waals surface area contributed by atoms with Crippen LogP contribution in [-0.4, -0.2) is 13.1 Å². The normalized spacial score (nSPS) is 10.5. The highest BCUT2D eigenvalue weighted by Crippen LogP contribution is 2.34. The summed E-state index contributed by atoms with van der Waals surface area (Å²) in [6.07, 6.45) is 0. The fourth-order valence-electron chi connectivity index (χ4n) is 1.81. The molecule has 0 bridgehead atoms. The average Bonchev–Trinajstić information content (AvgIpc) is 2.59. The first-order valence-electron chi connectivity index (χ1n) is 7.04. The molecule has 1 N–H and O–H groups in total. The molecule has 0 aliphatic heterocycles. The van der Waals surface area contributed by atoms with E-state index in [9.17, 15) is 35.1 Å². The zero-order valence-electron chi connectivity index (χ0n) is 13.1. The van der Waals surface area contributed by atoms with Gasteiger partial charge in [-0.05, 0) is 25.2 Å². The number of rotatable bonds is 3.